The van der Waals surface area contributed by atoms with Gasteiger partial charge in [0.25, 0.3) is 0 Å². The molecule has 0 bridgehead atoms. The summed E-state index contributed by atoms with van der Waals surface area (Å²) in [6.45, 7) is 1.90. The smallest absolute Gasteiger partial charge is 0.246 e. The number of nitrogens with one attached hydrogen (secondary N) is 3. The van der Waals surface area contributed by atoms with Gasteiger partial charge in [-0.05, 0) is 32.2 Å². The van der Waals surface area contributed by atoms with E-state index in [0.29, 0.717) is 0 Å². The van der Waals surface area contributed by atoms with Gasteiger partial charge in [-0.25, -0.2) is 4.98 Å². The molecule has 2 aromatic heterocycles. The first-order chi connectivity index (χ1) is 10.6. The minimum atomic E-state index is -0.451. The highest BCUT2D eigenvalue weighted by molar-refractivity contribution is 5.97. The number of aromatic amines is 1. The summed E-state index contributed by atoms with van der Waals surface area (Å²) in [5.74, 6) is 0.716. The van der Waals surface area contributed by atoms with Gasteiger partial charge in [0.1, 0.15) is 11.9 Å². The van der Waals surface area contributed by atoms with Gasteiger partial charge < -0.3 is 15.6 Å². The van der Waals surface area contributed by atoms with Crippen LogP contribution >= 0.6 is 0 Å². The van der Waals surface area contributed by atoms with E-state index in [0.717, 1.165) is 28.1 Å². The Kier molecular flexibility index (Phi) is 3.64. The summed E-state index contributed by atoms with van der Waals surface area (Å²) in [7, 11) is 3.57. The van der Waals surface area contributed by atoms with Crippen molar-refractivity contribution in [3.05, 3.63) is 42.0 Å². The Morgan fingerprint density at radius 3 is 2.91 bits per heavy atom. The fourth-order valence-electron chi connectivity index (χ4n) is 2.47. The van der Waals surface area contributed by atoms with E-state index in [1.54, 1.807) is 17.9 Å². The van der Waals surface area contributed by atoms with Gasteiger partial charge in [0, 0.05) is 24.5 Å². The average Bonchev–Trinajstić information content (AvgIpc) is 3.04. The second-order valence-electron chi connectivity index (χ2n) is 5.21. The van der Waals surface area contributed by atoms with Crippen LogP contribution in [0.3, 0.4) is 0 Å². The number of aromatic nitrogens is 4. The van der Waals surface area contributed by atoms with E-state index < -0.39 is 6.04 Å². The van der Waals surface area contributed by atoms with Gasteiger partial charge in [0.15, 0.2) is 0 Å². The van der Waals surface area contributed by atoms with E-state index >= 15 is 0 Å². The van der Waals surface area contributed by atoms with Crippen LogP contribution in [-0.2, 0) is 11.8 Å². The van der Waals surface area contributed by atoms with Gasteiger partial charge >= 0.3 is 0 Å². The number of fused-ring (bicyclic) bond motifs is 1. The molecule has 1 aromatic carbocycles. The minimum Gasteiger partial charge on any atom is -0.342 e. The Morgan fingerprint density at radius 2 is 2.23 bits per heavy atom. The van der Waals surface area contributed by atoms with E-state index in [-0.39, 0.29) is 5.91 Å². The summed E-state index contributed by atoms with van der Waals surface area (Å²) in [5, 5.41) is 10.0. The van der Waals surface area contributed by atoms with Crippen LogP contribution in [0.1, 0.15) is 17.4 Å². The van der Waals surface area contributed by atoms with Crippen LogP contribution in [-0.4, -0.2) is 32.7 Å². The Hall–Kier alpha value is -2.67. The summed E-state index contributed by atoms with van der Waals surface area (Å²) < 4.78 is 1.67. The van der Waals surface area contributed by atoms with Gasteiger partial charge in [-0.1, -0.05) is 0 Å². The summed E-state index contributed by atoms with van der Waals surface area (Å²) in [4.78, 5) is 20.0. The summed E-state index contributed by atoms with van der Waals surface area (Å²) >= 11 is 0. The molecule has 22 heavy (non-hydrogen) atoms. The van der Waals surface area contributed by atoms with Crippen LogP contribution in [0.15, 0.2) is 30.6 Å². The standard InChI is InChI=1S/C15H18N6O/c1-9-18-12-5-4-11(6-13(12)19-9)20-15(22)14(16-2)10-7-17-21(3)8-10/h4-8,14,16H,1-3H3,(H,18,19)(H,20,22). The number of carbonyl (C=O) groups excluding carboxylic acids is 1. The number of benzene rings is 1. The highest BCUT2D eigenvalue weighted by atomic mass is 16.2. The fourth-order valence-corrected chi connectivity index (χ4v) is 2.47. The predicted octanol–water partition coefficient (Wildman–Crippen LogP) is 1.50. The zero-order chi connectivity index (χ0) is 15.7. The normalized spacial score (nSPS) is 12.5. The zero-order valence-electron chi connectivity index (χ0n) is 12.7. The monoisotopic (exact) mass is 298 g/mol. The number of aryl methyl sites for hydroxylation is 2. The SMILES string of the molecule is CNC(C(=O)Nc1ccc2nc(C)[nH]c2c1)c1cnn(C)c1. The topological polar surface area (TPSA) is 87.6 Å². The summed E-state index contributed by atoms with van der Waals surface area (Å²) in [6.07, 6.45) is 3.50. The van der Waals surface area contributed by atoms with Gasteiger partial charge in [-0.3, -0.25) is 9.48 Å². The number of hydrogen-bond donors (Lipinski definition) is 3. The highest BCUT2D eigenvalue weighted by Crippen LogP contribution is 2.19. The van der Waals surface area contributed by atoms with Crippen molar-refractivity contribution in [3.63, 3.8) is 0 Å². The molecule has 1 unspecified atom stereocenters. The average molecular weight is 298 g/mol. The molecule has 0 saturated heterocycles. The van der Waals surface area contributed by atoms with Crippen molar-refractivity contribution in [2.75, 3.05) is 12.4 Å². The molecule has 3 aromatic rings. The molecule has 7 nitrogen and oxygen atoms in total. The molecule has 0 aliphatic rings. The maximum absolute atomic E-state index is 12.5. The molecule has 0 aliphatic heterocycles. The third kappa shape index (κ3) is 2.71. The Labute approximate surface area is 127 Å². The van der Waals surface area contributed by atoms with E-state index in [9.17, 15) is 4.79 Å². The maximum Gasteiger partial charge on any atom is 0.246 e. The molecule has 7 heteroatoms. The zero-order valence-corrected chi connectivity index (χ0v) is 12.7. The number of nitrogens with zero attached hydrogens (tertiary/aromatic N) is 3. The largest absolute Gasteiger partial charge is 0.342 e. The van der Waals surface area contributed by atoms with Crippen LogP contribution in [0.25, 0.3) is 11.0 Å². The van der Waals surface area contributed by atoms with E-state index in [1.165, 1.54) is 0 Å². The minimum absolute atomic E-state index is 0.133. The lowest BCUT2D eigenvalue weighted by atomic mass is 10.1. The van der Waals surface area contributed by atoms with Crippen molar-refractivity contribution in [3.8, 4) is 0 Å². The molecule has 0 radical (unpaired) electrons. The molecule has 3 N–H and O–H groups in total. The van der Waals surface area contributed by atoms with Crippen molar-refractivity contribution >= 4 is 22.6 Å². The molecule has 2 heterocycles. The van der Waals surface area contributed by atoms with Crippen molar-refractivity contribution < 1.29 is 4.79 Å². The second-order valence-corrected chi connectivity index (χ2v) is 5.21. The van der Waals surface area contributed by atoms with Crippen molar-refractivity contribution in [1.82, 2.24) is 25.1 Å². The van der Waals surface area contributed by atoms with Crippen LogP contribution < -0.4 is 10.6 Å². The van der Waals surface area contributed by atoms with E-state index in [1.807, 2.05) is 38.4 Å². The number of H-pyrrole nitrogens is 1. The summed E-state index contributed by atoms with van der Waals surface area (Å²) in [5.41, 5.74) is 3.33. The molecular formula is C15H18N6O. The van der Waals surface area contributed by atoms with Crippen LogP contribution in [0.4, 0.5) is 5.69 Å². The Balaban J connectivity index is 1.81. The van der Waals surface area contributed by atoms with Gasteiger partial charge in [0.2, 0.25) is 5.91 Å². The number of anilines is 1. The van der Waals surface area contributed by atoms with Gasteiger partial charge in [-0.2, -0.15) is 5.10 Å². The molecule has 0 fully saturated rings. The molecular weight excluding hydrogens is 280 g/mol. The molecule has 114 valence electrons. The summed E-state index contributed by atoms with van der Waals surface area (Å²) in [6, 6.07) is 5.15. The van der Waals surface area contributed by atoms with E-state index in [4.69, 9.17) is 0 Å². The predicted molar refractivity (Wildman–Crippen MR) is 84.5 cm³/mol. The second kappa shape index (κ2) is 5.61. The third-order valence-corrected chi connectivity index (χ3v) is 3.48. The van der Waals surface area contributed by atoms with Gasteiger partial charge in [0.05, 0.1) is 17.2 Å². The number of rotatable bonds is 4. The molecule has 0 aliphatic carbocycles. The van der Waals surface area contributed by atoms with Crippen molar-refractivity contribution in [2.45, 2.75) is 13.0 Å². The lowest BCUT2D eigenvalue weighted by molar-refractivity contribution is -0.118. The molecule has 1 amide bonds. The Morgan fingerprint density at radius 1 is 1.41 bits per heavy atom. The first-order valence-corrected chi connectivity index (χ1v) is 7.00. The van der Waals surface area contributed by atoms with Gasteiger partial charge in [-0.15, -0.1) is 0 Å². The molecule has 1 atom stereocenters. The lowest BCUT2D eigenvalue weighted by Crippen LogP contribution is -2.30. The highest BCUT2D eigenvalue weighted by Gasteiger charge is 2.20. The number of imidazole rings is 1. The number of hydrogen-bond acceptors (Lipinski definition) is 4. The molecule has 3 rings (SSSR count). The first kappa shape index (κ1) is 14.3. The molecule has 0 spiro atoms. The van der Waals surface area contributed by atoms with Crippen LogP contribution in [0, 0.1) is 6.92 Å². The number of likely N-dealkylation sites (N-methyl/N-ethyl adjacent to an activating group) is 1. The quantitative estimate of drug-likeness (QED) is 0.681. The van der Waals surface area contributed by atoms with E-state index in [2.05, 4.69) is 25.7 Å². The van der Waals surface area contributed by atoms with Crippen molar-refractivity contribution in [2.24, 2.45) is 7.05 Å². The lowest BCUT2D eigenvalue weighted by Gasteiger charge is -2.14. The maximum atomic E-state index is 12.5. The van der Waals surface area contributed by atoms with Crippen molar-refractivity contribution in [1.29, 1.82) is 0 Å². The van der Waals surface area contributed by atoms with Crippen LogP contribution in [0.5, 0.6) is 0 Å². The fraction of sp³-hybridized carbons (Fsp3) is 0.267. The Bertz CT molecular complexity index is 818. The first-order valence-electron chi connectivity index (χ1n) is 7.00. The molecule has 0 saturated carbocycles. The van der Waals surface area contributed by atoms with Crippen LogP contribution in [0.2, 0.25) is 0 Å². The number of amides is 1. The number of carbonyl (C=O) groups is 1. The third-order valence-electron chi connectivity index (χ3n) is 3.48.